The lowest BCUT2D eigenvalue weighted by Crippen LogP contribution is -2.37. The van der Waals surface area contributed by atoms with Crippen LogP contribution in [0.25, 0.3) is 12.2 Å². The fourth-order valence-electron chi connectivity index (χ4n) is 3.06. The summed E-state index contributed by atoms with van der Waals surface area (Å²) < 4.78 is 30.5. The van der Waals surface area contributed by atoms with Crippen LogP contribution in [0.2, 0.25) is 0 Å². The first-order chi connectivity index (χ1) is 15.9. The molecule has 1 saturated heterocycles. The summed E-state index contributed by atoms with van der Waals surface area (Å²) in [5.41, 5.74) is 0.433. The van der Waals surface area contributed by atoms with E-state index in [2.05, 4.69) is 0 Å². The number of rotatable bonds is 8. The smallest absolute Gasteiger partial charge is 0.331 e. The Balaban J connectivity index is 1.62. The molecule has 8 heteroatoms. The highest BCUT2D eigenvalue weighted by molar-refractivity contribution is 8.00. The lowest BCUT2D eigenvalue weighted by Gasteiger charge is -2.19. The van der Waals surface area contributed by atoms with Gasteiger partial charge in [-0.1, -0.05) is 60.7 Å². The highest BCUT2D eigenvalue weighted by atomic mass is 32.2. The molecular weight excluding hydrogens is 447 g/mol. The molecule has 0 spiro atoms. The first-order valence-electron chi connectivity index (χ1n) is 10.2. The van der Waals surface area contributed by atoms with E-state index in [1.807, 2.05) is 48.5 Å². The Morgan fingerprint density at radius 1 is 0.879 bits per heavy atom. The third-order valence-corrected chi connectivity index (χ3v) is 5.97. The molecule has 4 atom stereocenters. The van der Waals surface area contributed by atoms with Gasteiger partial charge in [-0.15, -0.1) is 11.8 Å². The summed E-state index contributed by atoms with van der Waals surface area (Å²) in [6, 6.07) is 18.3. The number of hydrogen-bond donors (Lipinski definition) is 0. The number of esters is 3. The molecule has 33 heavy (non-hydrogen) atoms. The topological polar surface area (TPSA) is 78.9 Å². The molecule has 0 saturated carbocycles. The maximum atomic E-state index is 14.9. The predicted molar refractivity (Wildman–Crippen MR) is 124 cm³/mol. The molecule has 1 fully saturated rings. The number of halogens is 1. The van der Waals surface area contributed by atoms with Gasteiger partial charge in [-0.2, -0.15) is 0 Å². The second-order valence-corrected chi connectivity index (χ2v) is 8.46. The Morgan fingerprint density at radius 3 is 1.97 bits per heavy atom. The number of ether oxygens (including phenoxy) is 3. The number of carbonyl (C=O) groups excluding carboxylic acids is 3. The minimum Gasteiger partial charge on any atom is -0.461 e. The van der Waals surface area contributed by atoms with E-state index < -0.39 is 40.9 Å². The van der Waals surface area contributed by atoms with Crippen LogP contribution in [0.5, 0.6) is 0 Å². The van der Waals surface area contributed by atoms with Crippen LogP contribution in [0.15, 0.2) is 72.8 Å². The van der Waals surface area contributed by atoms with Crippen molar-refractivity contribution in [3.8, 4) is 0 Å². The second-order valence-electron chi connectivity index (χ2n) is 7.12. The summed E-state index contributed by atoms with van der Waals surface area (Å²) in [6.07, 6.45) is 2.57. The molecule has 0 aliphatic carbocycles. The van der Waals surface area contributed by atoms with Crippen LogP contribution < -0.4 is 0 Å². The van der Waals surface area contributed by atoms with Crippen molar-refractivity contribution >= 4 is 41.8 Å². The van der Waals surface area contributed by atoms with E-state index >= 15 is 0 Å². The molecule has 0 aromatic heterocycles. The number of alkyl halides is 1. The van der Waals surface area contributed by atoms with E-state index in [-0.39, 0.29) is 6.61 Å². The summed E-state index contributed by atoms with van der Waals surface area (Å²) in [6.45, 7) is 0.944. The van der Waals surface area contributed by atoms with E-state index in [1.54, 1.807) is 24.3 Å². The van der Waals surface area contributed by atoms with Crippen LogP contribution in [0.3, 0.4) is 0 Å². The summed E-state index contributed by atoms with van der Waals surface area (Å²) in [7, 11) is 0. The van der Waals surface area contributed by atoms with Crippen molar-refractivity contribution < 1.29 is 33.0 Å². The molecule has 6 nitrogen and oxygen atoms in total. The monoisotopic (exact) mass is 470 g/mol. The fourth-order valence-corrected chi connectivity index (χ4v) is 4.41. The summed E-state index contributed by atoms with van der Waals surface area (Å²) in [5, 5.41) is -0.743. The Bertz CT molecular complexity index is 1010. The van der Waals surface area contributed by atoms with Crippen molar-refractivity contribution in [1.82, 2.24) is 0 Å². The van der Waals surface area contributed by atoms with Crippen molar-refractivity contribution in [2.24, 2.45) is 0 Å². The first-order valence-corrected chi connectivity index (χ1v) is 11.2. The maximum absolute atomic E-state index is 14.9. The molecule has 0 radical (unpaired) electrons. The van der Waals surface area contributed by atoms with Crippen LogP contribution in [0, 0.1) is 0 Å². The molecule has 0 amide bonds. The van der Waals surface area contributed by atoms with Crippen molar-refractivity contribution in [1.29, 1.82) is 0 Å². The van der Waals surface area contributed by atoms with Crippen molar-refractivity contribution in [2.75, 3.05) is 6.61 Å². The quantitative estimate of drug-likeness (QED) is 0.325. The zero-order valence-corrected chi connectivity index (χ0v) is 18.7. The van der Waals surface area contributed by atoms with Gasteiger partial charge in [0.2, 0.25) is 0 Å². The molecule has 3 rings (SSSR count). The number of benzene rings is 2. The molecule has 0 bridgehead atoms. The summed E-state index contributed by atoms with van der Waals surface area (Å²) in [4.78, 5) is 35.7. The van der Waals surface area contributed by atoms with Gasteiger partial charge in [-0.3, -0.25) is 4.79 Å². The summed E-state index contributed by atoms with van der Waals surface area (Å²) >= 11 is 0.947. The van der Waals surface area contributed by atoms with E-state index in [1.165, 1.54) is 19.1 Å². The highest BCUT2D eigenvalue weighted by Gasteiger charge is 2.49. The minimum atomic E-state index is -1.77. The van der Waals surface area contributed by atoms with Gasteiger partial charge in [0, 0.05) is 19.1 Å². The third kappa shape index (κ3) is 7.61. The Morgan fingerprint density at radius 2 is 1.42 bits per heavy atom. The SMILES string of the molecule is CC(=O)O[C@@H]1S[C@H](COC(=O)C=Cc2ccccc2)[C@@H](OC(=O)C=Cc2ccccc2)[C@@H]1F. The third-order valence-electron chi connectivity index (χ3n) is 4.60. The number of hydrogen-bond acceptors (Lipinski definition) is 7. The van der Waals surface area contributed by atoms with Gasteiger partial charge in [-0.25, -0.2) is 14.0 Å². The van der Waals surface area contributed by atoms with Crippen LogP contribution in [-0.4, -0.2) is 47.5 Å². The van der Waals surface area contributed by atoms with E-state index in [9.17, 15) is 18.8 Å². The van der Waals surface area contributed by atoms with Gasteiger partial charge >= 0.3 is 17.9 Å². The van der Waals surface area contributed by atoms with E-state index in [0.717, 1.165) is 22.9 Å². The van der Waals surface area contributed by atoms with Crippen molar-refractivity contribution in [3.63, 3.8) is 0 Å². The largest absolute Gasteiger partial charge is 0.461 e. The van der Waals surface area contributed by atoms with E-state index in [0.29, 0.717) is 0 Å². The van der Waals surface area contributed by atoms with Crippen molar-refractivity contribution in [2.45, 2.75) is 29.9 Å². The average Bonchev–Trinajstić information content (AvgIpc) is 3.10. The van der Waals surface area contributed by atoms with Gasteiger partial charge in [0.15, 0.2) is 17.7 Å². The molecule has 1 heterocycles. The molecule has 1 aliphatic rings. The molecule has 172 valence electrons. The highest BCUT2D eigenvalue weighted by Crippen LogP contribution is 2.39. The lowest BCUT2D eigenvalue weighted by atomic mass is 10.1. The standard InChI is InChI=1S/C25H23FO6S/c1-17(27)31-25-23(26)24(32-22(29)15-13-19-10-6-3-7-11-19)20(33-25)16-30-21(28)14-12-18-8-4-2-5-9-18/h2-15,20,23-25H,16H2,1H3/t20-,23+,24-,25-/m1/s1. The number of carbonyl (C=O) groups is 3. The molecule has 0 N–H and O–H groups in total. The van der Waals surface area contributed by atoms with Crippen LogP contribution >= 0.6 is 11.8 Å². The normalized spacial score (nSPS) is 22.4. The van der Waals surface area contributed by atoms with E-state index in [4.69, 9.17) is 14.2 Å². The van der Waals surface area contributed by atoms with Gasteiger partial charge in [0.25, 0.3) is 0 Å². The molecule has 2 aromatic rings. The van der Waals surface area contributed by atoms with Crippen LogP contribution in [0.1, 0.15) is 18.1 Å². The lowest BCUT2D eigenvalue weighted by molar-refractivity contribution is -0.152. The number of thioether (sulfide) groups is 1. The van der Waals surface area contributed by atoms with Gasteiger partial charge < -0.3 is 14.2 Å². The Hall–Kier alpha value is -3.39. The van der Waals surface area contributed by atoms with Crippen molar-refractivity contribution in [3.05, 3.63) is 83.9 Å². The first kappa shape index (κ1) is 24.3. The zero-order chi connectivity index (χ0) is 23.6. The summed E-state index contributed by atoms with van der Waals surface area (Å²) in [5.74, 6) is -2.04. The van der Waals surface area contributed by atoms with Crippen LogP contribution in [-0.2, 0) is 28.6 Å². The van der Waals surface area contributed by atoms with Gasteiger partial charge in [0.05, 0.1) is 5.25 Å². The molecular formula is C25H23FO6S. The fraction of sp³-hybridized carbons (Fsp3) is 0.240. The minimum absolute atomic E-state index is 0.221. The van der Waals surface area contributed by atoms with Gasteiger partial charge in [0.1, 0.15) is 6.61 Å². The average molecular weight is 471 g/mol. The molecule has 1 aliphatic heterocycles. The predicted octanol–water partition coefficient (Wildman–Crippen LogP) is 4.21. The second kappa shape index (κ2) is 12.0. The zero-order valence-electron chi connectivity index (χ0n) is 17.8. The maximum Gasteiger partial charge on any atom is 0.331 e. The molecule has 0 unspecified atom stereocenters. The Kier molecular flexibility index (Phi) is 8.83. The molecule has 2 aromatic carbocycles. The Labute approximate surface area is 195 Å². The van der Waals surface area contributed by atoms with Crippen LogP contribution in [0.4, 0.5) is 4.39 Å². The van der Waals surface area contributed by atoms with Gasteiger partial charge in [-0.05, 0) is 23.3 Å².